The number of carbonyl (C=O) groups is 1. The molecule has 5 aromatic rings. The summed E-state index contributed by atoms with van der Waals surface area (Å²) < 4.78 is 16.4. The number of nitrogens with zero attached hydrogens (tertiary/aromatic N) is 9. The fraction of sp³-hybridized carbons (Fsp3) is 0.357. The molecule has 0 aliphatic carbocycles. The minimum atomic E-state index is -0.143. The van der Waals surface area contributed by atoms with E-state index in [4.69, 9.17) is 34.1 Å². The zero-order valence-electron chi connectivity index (χ0n) is 32.2. The zero-order valence-corrected chi connectivity index (χ0v) is 32.2. The molecule has 56 heavy (non-hydrogen) atoms. The molecule has 0 spiro atoms. The zero-order chi connectivity index (χ0) is 38.4. The van der Waals surface area contributed by atoms with Crippen LogP contribution in [0.25, 0.3) is 11.3 Å². The SMILES string of the molecule is COc1ccc(CN(Cc2ccc(OC)cc2)c2ncc(-c3nc(N4CCOCC4)nc4c3CCN4C(=O)N(C)c3ccc(N4CCNCC4)cc3)cn2)cc1. The first-order valence-corrected chi connectivity index (χ1v) is 19.1. The van der Waals surface area contributed by atoms with Crippen molar-refractivity contribution in [1.82, 2.24) is 25.3 Å². The summed E-state index contributed by atoms with van der Waals surface area (Å²) in [4.78, 5) is 44.3. The Morgan fingerprint density at radius 2 is 1.38 bits per heavy atom. The maximum atomic E-state index is 14.2. The van der Waals surface area contributed by atoms with Crippen LogP contribution in [0.15, 0.2) is 85.2 Å². The Morgan fingerprint density at radius 1 is 0.768 bits per heavy atom. The topological polar surface area (TPSA) is 125 Å². The van der Waals surface area contributed by atoms with Gasteiger partial charge in [-0.15, -0.1) is 0 Å². The molecule has 0 unspecified atom stereocenters. The van der Waals surface area contributed by atoms with Crippen LogP contribution in [0.4, 0.5) is 33.9 Å². The van der Waals surface area contributed by atoms with Gasteiger partial charge in [-0.1, -0.05) is 24.3 Å². The third-order valence-corrected chi connectivity index (χ3v) is 10.6. The van der Waals surface area contributed by atoms with Crippen LogP contribution in [-0.4, -0.2) is 106 Å². The summed E-state index contributed by atoms with van der Waals surface area (Å²) >= 11 is 0. The van der Waals surface area contributed by atoms with Crippen LogP contribution < -0.4 is 39.3 Å². The molecule has 290 valence electrons. The van der Waals surface area contributed by atoms with Crippen molar-refractivity contribution < 1.29 is 19.0 Å². The number of methoxy groups -OCH3 is 2. The van der Waals surface area contributed by atoms with Crippen LogP contribution in [0, 0.1) is 0 Å². The number of piperazine rings is 1. The predicted molar refractivity (Wildman–Crippen MR) is 218 cm³/mol. The molecule has 2 fully saturated rings. The lowest BCUT2D eigenvalue weighted by Crippen LogP contribution is -2.43. The average Bonchev–Trinajstić information content (AvgIpc) is 3.71. The molecule has 0 atom stereocenters. The van der Waals surface area contributed by atoms with Gasteiger partial charge >= 0.3 is 6.03 Å². The monoisotopic (exact) mass is 756 g/mol. The number of morpholine rings is 1. The summed E-state index contributed by atoms with van der Waals surface area (Å²) in [6, 6.07) is 24.1. The van der Waals surface area contributed by atoms with Crippen molar-refractivity contribution in [3.05, 3.63) is 102 Å². The molecule has 8 rings (SSSR count). The lowest BCUT2D eigenvalue weighted by Gasteiger charge is -2.30. The number of ether oxygens (including phenoxy) is 3. The largest absolute Gasteiger partial charge is 0.497 e. The van der Waals surface area contributed by atoms with Crippen molar-refractivity contribution in [1.29, 1.82) is 0 Å². The highest BCUT2D eigenvalue weighted by molar-refractivity contribution is 6.04. The van der Waals surface area contributed by atoms with Crippen LogP contribution in [0.3, 0.4) is 0 Å². The number of hydrogen-bond acceptors (Lipinski definition) is 12. The molecule has 14 nitrogen and oxygen atoms in total. The third-order valence-electron chi connectivity index (χ3n) is 10.6. The van der Waals surface area contributed by atoms with E-state index in [1.54, 1.807) is 24.0 Å². The molecular formula is C42H48N10O4. The van der Waals surface area contributed by atoms with E-state index in [-0.39, 0.29) is 6.03 Å². The Morgan fingerprint density at radius 3 is 1.96 bits per heavy atom. The Balaban J connectivity index is 1.08. The molecule has 1 N–H and O–H groups in total. The van der Waals surface area contributed by atoms with Gasteiger partial charge in [0, 0.05) is 101 Å². The molecule has 2 amide bonds. The maximum Gasteiger partial charge on any atom is 0.329 e. The Labute approximate surface area is 327 Å². The lowest BCUT2D eigenvalue weighted by molar-refractivity contribution is 0.122. The van der Waals surface area contributed by atoms with Crippen molar-refractivity contribution in [3.63, 3.8) is 0 Å². The fourth-order valence-corrected chi connectivity index (χ4v) is 7.38. The second-order valence-corrected chi connectivity index (χ2v) is 14.1. The number of anilines is 5. The van der Waals surface area contributed by atoms with Gasteiger partial charge in [0.25, 0.3) is 0 Å². The molecular weight excluding hydrogens is 709 g/mol. The highest BCUT2D eigenvalue weighted by Gasteiger charge is 2.34. The second kappa shape index (κ2) is 16.8. The van der Waals surface area contributed by atoms with Gasteiger partial charge in [0.05, 0.1) is 33.1 Å². The smallest absolute Gasteiger partial charge is 0.329 e. The number of rotatable bonds is 11. The molecule has 0 bridgehead atoms. The summed E-state index contributed by atoms with van der Waals surface area (Å²) in [5, 5.41) is 3.40. The minimum absolute atomic E-state index is 0.143. The number of amides is 2. The van der Waals surface area contributed by atoms with Crippen LogP contribution in [0.5, 0.6) is 11.5 Å². The van der Waals surface area contributed by atoms with E-state index in [2.05, 4.69) is 56.4 Å². The Kier molecular flexibility index (Phi) is 11.1. The van der Waals surface area contributed by atoms with Gasteiger partial charge in [0.15, 0.2) is 0 Å². The van der Waals surface area contributed by atoms with E-state index in [9.17, 15) is 4.79 Å². The minimum Gasteiger partial charge on any atom is -0.497 e. The third kappa shape index (κ3) is 8.02. The number of hydrogen-bond donors (Lipinski definition) is 1. The summed E-state index contributed by atoms with van der Waals surface area (Å²) in [6.07, 6.45) is 4.28. The second-order valence-electron chi connectivity index (χ2n) is 14.1. The maximum absolute atomic E-state index is 14.2. The van der Waals surface area contributed by atoms with Crippen molar-refractivity contribution in [2.24, 2.45) is 0 Å². The van der Waals surface area contributed by atoms with E-state index < -0.39 is 0 Å². The molecule has 0 saturated carbocycles. The van der Waals surface area contributed by atoms with Gasteiger partial charge in [-0.2, -0.15) is 4.98 Å². The molecule has 3 aromatic carbocycles. The number of carbonyl (C=O) groups excluding carboxylic acids is 1. The van der Waals surface area contributed by atoms with E-state index >= 15 is 0 Å². The summed E-state index contributed by atoms with van der Waals surface area (Å²) in [7, 11) is 5.15. The summed E-state index contributed by atoms with van der Waals surface area (Å²) in [5.74, 6) is 3.37. The van der Waals surface area contributed by atoms with E-state index in [1.807, 2.05) is 55.8 Å². The van der Waals surface area contributed by atoms with Gasteiger partial charge in [-0.3, -0.25) is 9.80 Å². The summed E-state index contributed by atoms with van der Waals surface area (Å²) in [6.45, 7) is 8.01. The van der Waals surface area contributed by atoms with Crippen molar-refractivity contribution in [3.8, 4) is 22.8 Å². The van der Waals surface area contributed by atoms with Crippen LogP contribution >= 0.6 is 0 Å². The van der Waals surface area contributed by atoms with Gasteiger partial charge in [0.1, 0.15) is 17.3 Å². The van der Waals surface area contributed by atoms with Gasteiger partial charge in [-0.05, 0) is 66.1 Å². The standard InChI is InChI=1S/C42H48N10O4/c1-48(33-8-10-34(11-9-33)49-20-17-43-18-21-49)42(53)52-19-16-37-38(46-41(47-39(37)52)50-22-24-56-25-23-50)32-26-44-40(45-27-32)51(28-30-4-12-35(54-2)13-5-30)29-31-6-14-36(55-3)15-7-31/h4-15,26-27,43H,16-25,28-29H2,1-3H3. The van der Waals surface area contributed by atoms with E-state index in [0.29, 0.717) is 70.1 Å². The lowest BCUT2D eigenvalue weighted by atomic mass is 10.1. The number of aromatic nitrogens is 4. The highest BCUT2D eigenvalue weighted by Crippen LogP contribution is 2.37. The first-order chi connectivity index (χ1) is 27.5. The predicted octanol–water partition coefficient (Wildman–Crippen LogP) is 5.02. The number of fused-ring (bicyclic) bond motifs is 1. The first kappa shape index (κ1) is 37.0. The van der Waals surface area contributed by atoms with Gasteiger partial charge < -0.3 is 34.2 Å². The Hall–Kier alpha value is -5.99. The number of benzene rings is 3. The molecule has 3 aliphatic heterocycles. The van der Waals surface area contributed by atoms with E-state index in [1.165, 1.54) is 0 Å². The molecule has 0 radical (unpaired) electrons. The molecule has 3 aliphatic rings. The summed E-state index contributed by atoms with van der Waals surface area (Å²) in [5.41, 5.74) is 6.58. The van der Waals surface area contributed by atoms with Crippen LogP contribution in [-0.2, 0) is 24.2 Å². The van der Waals surface area contributed by atoms with Crippen molar-refractivity contribution in [2.75, 3.05) is 105 Å². The van der Waals surface area contributed by atoms with Gasteiger partial charge in [-0.25, -0.2) is 19.7 Å². The van der Waals surface area contributed by atoms with E-state index in [0.717, 1.165) is 77.0 Å². The van der Waals surface area contributed by atoms with Crippen LogP contribution in [0.2, 0.25) is 0 Å². The van der Waals surface area contributed by atoms with Crippen molar-refractivity contribution >= 4 is 35.1 Å². The normalized spacial score (nSPS) is 15.4. The van der Waals surface area contributed by atoms with Crippen molar-refractivity contribution in [2.45, 2.75) is 19.5 Å². The first-order valence-electron chi connectivity index (χ1n) is 19.1. The quantitative estimate of drug-likeness (QED) is 0.195. The molecule has 2 saturated heterocycles. The molecule has 5 heterocycles. The number of urea groups is 1. The molecule has 14 heteroatoms. The number of nitrogens with one attached hydrogen (secondary N) is 1. The average molecular weight is 757 g/mol. The Bertz CT molecular complexity index is 2040. The molecule has 2 aromatic heterocycles. The fourth-order valence-electron chi connectivity index (χ4n) is 7.38. The highest BCUT2D eigenvalue weighted by atomic mass is 16.5. The van der Waals surface area contributed by atoms with Gasteiger partial charge in [0.2, 0.25) is 11.9 Å². The van der Waals surface area contributed by atoms with Crippen LogP contribution in [0.1, 0.15) is 16.7 Å².